The maximum Gasteiger partial charge on any atom is 0.325 e. The molecule has 2 rings (SSSR count). The molecular formula is C10H15N3O2. The molecule has 82 valence electrons. The predicted molar refractivity (Wildman–Crippen MR) is 54.4 cm³/mol. The fourth-order valence-electron chi connectivity index (χ4n) is 1.50. The van der Waals surface area contributed by atoms with Gasteiger partial charge < -0.3 is 5.11 Å². The van der Waals surface area contributed by atoms with Gasteiger partial charge in [0.05, 0.1) is 6.20 Å². The highest BCUT2D eigenvalue weighted by molar-refractivity contribution is 5.75. The van der Waals surface area contributed by atoms with Crippen LogP contribution in [-0.4, -0.2) is 26.9 Å². The van der Waals surface area contributed by atoms with Crippen LogP contribution in [0.2, 0.25) is 0 Å². The van der Waals surface area contributed by atoms with Gasteiger partial charge in [-0.1, -0.05) is 0 Å². The van der Waals surface area contributed by atoms with Crippen LogP contribution < -0.4 is 5.32 Å². The molecule has 2 N–H and O–H groups in total. The summed E-state index contributed by atoms with van der Waals surface area (Å²) in [5.41, 5.74) is 0.733. The van der Waals surface area contributed by atoms with Crippen molar-refractivity contribution in [3.8, 4) is 0 Å². The summed E-state index contributed by atoms with van der Waals surface area (Å²) in [6.45, 7) is 2.73. The number of carbonyl (C=O) groups is 1. The van der Waals surface area contributed by atoms with Crippen molar-refractivity contribution in [1.82, 2.24) is 15.1 Å². The molecule has 1 aromatic heterocycles. The van der Waals surface area contributed by atoms with Gasteiger partial charge in [0.2, 0.25) is 0 Å². The lowest BCUT2D eigenvalue weighted by atomic mass is 10.1. The monoisotopic (exact) mass is 209 g/mol. The Morgan fingerprint density at radius 2 is 2.53 bits per heavy atom. The van der Waals surface area contributed by atoms with E-state index in [1.54, 1.807) is 17.1 Å². The first-order valence-corrected chi connectivity index (χ1v) is 5.22. The molecule has 5 nitrogen and oxygen atoms in total. The fraction of sp³-hybridized carbons (Fsp3) is 0.600. The number of rotatable bonds is 5. The smallest absolute Gasteiger partial charge is 0.325 e. The first-order chi connectivity index (χ1) is 7.20. The number of carboxylic acid groups (broad SMARTS) is 1. The minimum absolute atomic E-state index is 0.371. The number of aliphatic carboxylic acids is 1. The van der Waals surface area contributed by atoms with E-state index in [0.29, 0.717) is 6.04 Å². The Bertz CT molecular complexity index is 357. The molecule has 1 aromatic rings. The molecule has 1 saturated carbocycles. The first-order valence-electron chi connectivity index (χ1n) is 5.22. The maximum atomic E-state index is 11.1. The second-order valence-corrected chi connectivity index (χ2v) is 3.84. The number of aryl methyl sites for hydroxylation is 1. The quantitative estimate of drug-likeness (QED) is 0.752. The third kappa shape index (κ3) is 2.36. The summed E-state index contributed by atoms with van der Waals surface area (Å²) in [5, 5.41) is 16.3. The van der Waals surface area contributed by atoms with Crippen LogP contribution in [0.15, 0.2) is 12.4 Å². The molecule has 0 amide bonds. The topological polar surface area (TPSA) is 67.2 Å². The highest BCUT2D eigenvalue weighted by Crippen LogP contribution is 2.24. The minimum Gasteiger partial charge on any atom is -0.480 e. The Morgan fingerprint density at radius 3 is 3.00 bits per heavy atom. The Labute approximate surface area is 88.1 Å². The average molecular weight is 209 g/mol. The normalized spacial score (nSPS) is 17.7. The van der Waals surface area contributed by atoms with Crippen molar-refractivity contribution in [3.05, 3.63) is 18.0 Å². The van der Waals surface area contributed by atoms with Crippen LogP contribution in [0.25, 0.3) is 0 Å². The summed E-state index contributed by atoms with van der Waals surface area (Å²) in [6, 6.07) is -0.242. The van der Waals surface area contributed by atoms with E-state index in [0.717, 1.165) is 24.9 Å². The molecule has 1 aliphatic carbocycles. The van der Waals surface area contributed by atoms with E-state index in [1.165, 1.54) is 0 Å². The summed E-state index contributed by atoms with van der Waals surface area (Å²) in [4.78, 5) is 11.1. The lowest BCUT2D eigenvalue weighted by Gasteiger charge is -2.11. The molecular weight excluding hydrogens is 194 g/mol. The van der Waals surface area contributed by atoms with Crippen LogP contribution in [0.3, 0.4) is 0 Å². The SMILES string of the molecule is CCn1cc(C(NC2CC2)C(=O)O)cn1. The summed E-state index contributed by atoms with van der Waals surface area (Å²) in [7, 11) is 0. The zero-order valence-corrected chi connectivity index (χ0v) is 8.68. The summed E-state index contributed by atoms with van der Waals surface area (Å²) >= 11 is 0. The standard InChI is InChI=1S/C10H15N3O2/c1-2-13-6-7(5-11-13)9(10(14)15)12-8-3-4-8/h5-6,8-9,12H,2-4H2,1H3,(H,14,15). The Hall–Kier alpha value is -1.36. The summed E-state index contributed by atoms with van der Waals surface area (Å²) in [5.74, 6) is -0.836. The van der Waals surface area contributed by atoms with Crippen molar-refractivity contribution < 1.29 is 9.90 Å². The first kappa shape index (κ1) is 10.2. The Morgan fingerprint density at radius 1 is 1.80 bits per heavy atom. The van der Waals surface area contributed by atoms with Gasteiger partial charge in [-0.25, -0.2) is 0 Å². The lowest BCUT2D eigenvalue weighted by molar-refractivity contribution is -0.139. The number of nitrogens with one attached hydrogen (secondary N) is 1. The average Bonchev–Trinajstić information content (AvgIpc) is 2.91. The van der Waals surface area contributed by atoms with E-state index in [-0.39, 0.29) is 0 Å². The minimum atomic E-state index is -0.836. The zero-order chi connectivity index (χ0) is 10.8. The highest BCUT2D eigenvalue weighted by Gasteiger charge is 2.29. The molecule has 0 aromatic carbocycles. The van der Waals surface area contributed by atoms with Crippen molar-refractivity contribution in [3.63, 3.8) is 0 Å². The third-order valence-electron chi connectivity index (χ3n) is 2.54. The summed E-state index contributed by atoms with van der Waals surface area (Å²) < 4.78 is 1.74. The number of carboxylic acids is 1. The molecule has 1 atom stereocenters. The largest absolute Gasteiger partial charge is 0.480 e. The van der Waals surface area contributed by atoms with Gasteiger partial charge in [0, 0.05) is 24.3 Å². The van der Waals surface area contributed by atoms with Crippen molar-refractivity contribution >= 4 is 5.97 Å². The zero-order valence-electron chi connectivity index (χ0n) is 8.68. The molecule has 0 radical (unpaired) electrons. The second kappa shape index (κ2) is 4.02. The molecule has 0 saturated heterocycles. The van der Waals surface area contributed by atoms with Crippen molar-refractivity contribution in [1.29, 1.82) is 0 Å². The van der Waals surface area contributed by atoms with E-state index in [9.17, 15) is 4.79 Å². The van der Waals surface area contributed by atoms with E-state index in [4.69, 9.17) is 5.11 Å². The maximum absolute atomic E-state index is 11.1. The van der Waals surface area contributed by atoms with E-state index in [2.05, 4.69) is 10.4 Å². The predicted octanol–water partition coefficient (Wildman–Crippen LogP) is 0.781. The molecule has 0 aliphatic heterocycles. The van der Waals surface area contributed by atoms with Crippen molar-refractivity contribution in [2.75, 3.05) is 0 Å². The van der Waals surface area contributed by atoms with Crippen LogP contribution in [-0.2, 0) is 11.3 Å². The molecule has 1 aliphatic rings. The van der Waals surface area contributed by atoms with Gasteiger partial charge in [0.15, 0.2) is 0 Å². The molecule has 5 heteroatoms. The van der Waals surface area contributed by atoms with Crippen LogP contribution in [0.4, 0.5) is 0 Å². The fourth-order valence-corrected chi connectivity index (χ4v) is 1.50. The molecule has 1 heterocycles. The highest BCUT2D eigenvalue weighted by atomic mass is 16.4. The van der Waals surface area contributed by atoms with Gasteiger partial charge in [-0.3, -0.25) is 14.8 Å². The Balaban J connectivity index is 2.11. The van der Waals surface area contributed by atoms with Crippen LogP contribution in [0.1, 0.15) is 31.4 Å². The molecule has 0 bridgehead atoms. The molecule has 0 spiro atoms. The van der Waals surface area contributed by atoms with Gasteiger partial charge in [-0.2, -0.15) is 5.10 Å². The molecule has 1 unspecified atom stereocenters. The summed E-state index contributed by atoms with van der Waals surface area (Å²) in [6.07, 6.45) is 5.56. The molecule has 15 heavy (non-hydrogen) atoms. The second-order valence-electron chi connectivity index (χ2n) is 3.84. The van der Waals surface area contributed by atoms with Crippen LogP contribution in [0.5, 0.6) is 0 Å². The van der Waals surface area contributed by atoms with E-state index in [1.807, 2.05) is 6.92 Å². The van der Waals surface area contributed by atoms with Gasteiger partial charge in [-0.15, -0.1) is 0 Å². The van der Waals surface area contributed by atoms with E-state index >= 15 is 0 Å². The van der Waals surface area contributed by atoms with E-state index < -0.39 is 12.0 Å². The van der Waals surface area contributed by atoms with Crippen molar-refractivity contribution in [2.45, 2.75) is 38.4 Å². The van der Waals surface area contributed by atoms with Gasteiger partial charge in [-0.05, 0) is 19.8 Å². The number of aromatic nitrogens is 2. The van der Waals surface area contributed by atoms with Crippen LogP contribution in [0, 0.1) is 0 Å². The molecule has 1 fully saturated rings. The van der Waals surface area contributed by atoms with Crippen LogP contribution >= 0.6 is 0 Å². The lowest BCUT2D eigenvalue weighted by Crippen LogP contribution is -2.29. The van der Waals surface area contributed by atoms with Crippen molar-refractivity contribution in [2.24, 2.45) is 0 Å². The van der Waals surface area contributed by atoms with Gasteiger partial charge in [0.25, 0.3) is 0 Å². The van der Waals surface area contributed by atoms with Gasteiger partial charge >= 0.3 is 5.97 Å². The number of nitrogens with zero attached hydrogens (tertiary/aromatic N) is 2. The van der Waals surface area contributed by atoms with Gasteiger partial charge in [0.1, 0.15) is 6.04 Å². The number of hydrogen-bond donors (Lipinski definition) is 2. The third-order valence-corrected chi connectivity index (χ3v) is 2.54. The Kier molecular flexibility index (Phi) is 2.73. The number of hydrogen-bond acceptors (Lipinski definition) is 3.